The lowest BCUT2D eigenvalue weighted by atomic mass is 9.97. The summed E-state index contributed by atoms with van der Waals surface area (Å²) in [6.45, 7) is 5.54. The van der Waals surface area contributed by atoms with Gasteiger partial charge in [-0.3, -0.25) is 4.79 Å². The number of rotatable bonds is 4. The number of nitrogens with zero attached hydrogens (tertiary/aromatic N) is 1. The maximum absolute atomic E-state index is 12.8. The molecule has 2 atom stereocenters. The third-order valence-electron chi connectivity index (χ3n) is 5.51. The van der Waals surface area contributed by atoms with Crippen LogP contribution < -0.4 is 10.1 Å². The Kier molecular flexibility index (Phi) is 5.33. The molecule has 0 unspecified atom stereocenters. The summed E-state index contributed by atoms with van der Waals surface area (Å²) in [5.41, 5.74) is 2.02. The summed E-state index contributed by atoms with van der Waals surface area (Å²) in [6, 6.07) is 11.8. The van der Waals surface area contributed by atoms with Gasteiger partial charge in [-0.1, -0.05) is 19.1 Å². The van der Waals surface area contributed by atoms with Gasteiger partial charge in [0, 0.05) is 30.3 Å². The molecule has 0 spiro atoms. The van der Waals surface area contributed by atoms with Crippen molar-refractivity contribution in [1.82, 2.24) is 4.31 Å². The first kappa shape index (κ1) is 19.9. The first-order valence-electron chi connectivity index (χ1n) is 9.67. The smallest absolute Gasteiger partial charge is 0.259 e. The fourth-order valence-corrected chi connectivity index (χ4v) is 5.02. The van der Waals surface area contributed by atoms with E-state index in [0.717, 1.165) is 5.56 Å². The number of fused-ring (bicyclic) bond motifs is 1. The third kappa shape index (κ3) is 3.75. The van der Waals surface area contributed by atoms with Crippen molar-refractivity contribution in [3.63, 3.8) is 0 Å². The van der Waals surface area contributed by atoms with E-state index in [-0.39, 0.29) is 22.8 Å². The maximum Gasteiger partial charge on any atom is 0.259 e. The van der Waals surface area contributed by atoms with E-state index in [4.69, 9.17) is 9.47 Å². The number of hydrogen-bond donors (Lipinski definition) is 1. The highest BCUT2D eigenvalue weighted by molar-refractivity contribution is 7.89. The first-order chi connectivity index (χ1) is 13.9. The molecule has 0 bridgehead atoms. The lowest BCUT2D eigenvalue weighted by Crippen LogP contribution is -2.40. The summed E-state index contributed by atoms with van der Waals surface area (Å²) in [6.07, 6.45) is 0.0172. The molecule has 2 heterocycles. The second-order valence-electron chi connectivity index (χ2n) is 7.33. The van der Waals surface area contributed by atoms with E-state index in [9.17, 15) is 13.2 Å². The fraction of sp³-hybridized carbons (Fsp3) is 0.381. The van der Waals surface area contributed by atoms with Gasteiger partial charge >= 0.3 is 0 Å². The summed E-state index contributed by atoms with van der Waals surface area (Å²) >= 11 is 0. The molecule has 4 rings (SSSR count). The van der Waals surface area contributed by atoms with Crippen LogP contribution in [-0.2, 0) is 14.8 Å². The summed E-state index contributed by atoms with van der Waals surface area (Å²) in [4.78, 5) is 13.0. The van der Waals surface area contributed by atoms with Gasteiger partial charge in [-0.2, -0.15) is 4.31 Å². The van der Waals surface area contributed by atoms with Crippen LogP contribution in [0.25, 0.3) is 0 Å². The summed E-state index contributed by atoms with van der Waals surface area (Å²) in [5.74, 6) is 0.561. The lowest BCUT2D eigenvalue weighted by molar-refractivity contribution is 0.0730. The summed E-state index contributed by atoms with van der Waals surface area (Å²) < 4.78 is 37.9. The van der Waals surface area contributed by atoms with E-state index < -0.39 is 10.0 Å². The normalized spacial score (nSPS) is 22.0. The number of nitrogens with one attached hydrogen (secondary N) is 1. The number of ether oxygens (including phenoxy) is 2. The zero-order valence-corrected chi connectivity index (χ0v) is 17.2. The monoisotopic (exact) mass is 416 g/mol. The minimum absolute atomic E-state index is 0.0172. The molecule has 0 saturated carbocycles. The molecule has 8 heteroatoms. The molecule has 2 aromatic carbocycles. The summed E-state index contributed by atoms with van der Waals surface area (Å²) in [7, 11) is -3.56. The van der Waals surface area contributed by atoms with E-state index in [1.54, 1.807) is 18.2 Å². The molecule has 1 fully saturated rings. The molecule has 154 valence electrons. The number of benzene rings is 2. The number of carbonyl (C=O) groups excluding carboxylic acids is 1. The van der Waals surface area contributed by atoms with Crippen LogP contribution in [0.5, 0.6) is 5.75 Å². The second kappa shape index (κ2) is 7.78. The second-order valence-corrected chi connectivity index (χ2v) is 9.27. The molecule has 2 aromatic rings. The number of hydrogen-bond acceptors (Lipinski definition) is 5. The maximum atomic E-state index is 12.8. The topological polar surface area (TPSA) is 84.9 Å². The molecule has 7 nitrogen and oxygen atoms in total. The molecule has 0 aliphatic carbocycles. The molecular formula is C21H24N2O5S. The summed E-state index contributed by atoms with van der Waals surface area (Å²) in [5, 5.41) is 2.83. The fourth-order valence-electron chi connectivity index (χ4n) is 3.61. The standard InChI is InChI=1S/C21H24N2O5S/c1-14-15(2)28-20-18(14)4-3-5-19(20)21(24)22-16-6-8-17(9-7-16)29(25,26)23-10-12-27-13-11-23/h3-9,14-15H,10-13H2,1-2H3,(H,22,24)/t14-,15-/m1/s1. The van der Waals surface area contributed by atoms with Gasteiger partial charge in [-0.05, 0) is 37.3 Å². The van der Waals surface area contributed by atoms with Gasteiger partial charge in [0.15, 0.2) is 0 Å². The van der Waals surface area contributed by atoms with Crippen LogP contribution in [0.15, 0.2) is 47.4 Å². The molecule has 1 N–H and O–H groups in total. The van der Waals surface area contributed by atoms with E-state index in [2.05, 4.69) is 12.2 Å². The van der Waals surface area contributed by atoms with Crippen molar-refractivity contribution in [2.45, 2.75) is 30.8 Å². The number of para-hydroxylation sites is 1. The number of anilines is 1. The Bertz CT molecular complexity index is 1010. The predicted molar refractivity (Wildman–Crippen MR) is 109 cm³/mol. The Morgan fingerprint density at radius 3 is 2.45 bits per heavy atom. The molecule has 1 saturated heterocycles. The van der Waals surface area contributed by atoms with Gasteiger partial charge < -0.3 is 14.8 Å². The largest absolute Gasteiger partial charge is 0.489 e. The van der Waals surface area contributed by atoms with Crippen LogP contribution in [0.2, 0.25) is 0 Å². The van der Waals surface area contributed by atoms with Gasteiger partial charge in [-0.15, -0.1) is 0 Å². The highest BCUT2D eigenvalue weighted by atomic mass is 32.2. The SMILES string of the molecule is C[C@H]1Oc2c(C(=O)Nc3ccc(S(=O)(=O)N4CCOCC4)cc3)cccc2[C@@H]1C. The van der Waals surface area contributed by atoms with Gasteiger partial charge in [0.05, 0.1) is 23.7 Å². The van der Waals surface area contributed by atoms with Crippen LogP contribution in [-0.4, -0.2) is 51.0 Å². The highest BCUT2D eigenvalue weighted by Gasteiger charge is 2.31. The minimum atomic E-state index is -3.56. The van der Waals surface area contributed by atoms with Crippen LogP contribution in [0.1, 0.15) is 35.7 Å². The number of carbonyl (C=O) groups is 1. The van der Waals surface area contributed by atoms with Crippen LogP contribution in [0.3, 0.4) is 0 Å². The molecule has 0 radical (unpaired) electrons. The van der Waals surface area contributed by atoms with Crippen molar-refractivity contribution in [2.75, 3.05) is 31.6 Å². The third-order valence-corrected chi connectivity index (χ3v) is 7.42. The van der Waals surface area contributed by atoms with Crippen molar-refractivity contribution in [3.05, 3.63) is 53.6 Å². The number of morpholine rings is 1. The number of sulfonamides is 1. The van der Waals surface area contributed by atoms with Crippen molar-refractivity contribution < 1.29 is 22.7 Å². The van der Waals surface area contributed by atoms with Gasteiger partial charge in [0.2, 0.25) is 10.0 Å². The van der Waals surface area contributed by atoms with E-state index in [1.165, 1.54) is 16.4 Å². The van der Waals surface area contributed by atoms with Crippen molar-refractivity contribution >= 4 is 21.6 Å². The average molecular weight is 416 g/mol. The molecular weight excluding hydrogens is 392 g/mol. The Balaban J connectivity index is 1.51. The molecule has 1 amide bonds. The zero-order chi connectivity index (χ0) is 20.6. The van der Waals surface area contributed by atoms with E-state index >= 15 is 0 Å². The molecule has 2 aliphatic rings. The molecule has 0 aromatic heterocycles. The predicted octanol–water partition coefficient (Wildman–Crippen LogP) is 2.84. The van der Waals surface area contributed by atoms with Crippen LogP contribution in [0.4, 0.5) is 5.69 Å². The molecule has 2 aliphatic heterocycles. The Morgan fingerprint density at radius 1 is 1.07 bits per heavy atom. The Morgan fingerprint density at radius 2 is 1.76 bits per heavy atom. The van der Waals surface area contributed by atoms with Gasteiger partial charge in [-0.25, -0.2) is 8.42 Å². The average Bonchev–Trinajstić information content (AvgIpc) is 3.03. The quantitative estimate of drug-likeness (QED) is 0.829. The van der Waals surface area contributed by atoms with Crippen molar-refractivity contribution in [1.29, 1.82) is 0 Å². The lowest BCUT2D eigenvalue weighted by Gasteiger charge is -2.26. The Hall–Kier alpha value is -2.42. The van der Waals surface area contributed by atoms with Crippen LogP contribution >= 0.6 is 0 Å². The zero-order valence-electron chi connectivity index (χ0n) is 16.4. The van der Waals surface area contributed by atoms with Crippen molar-refractivity contribution in [2.24, 2.45) is 0 Å². The van der Waals surface area contributed by atoms with Crippen molar-refractivity contribution in [3.8, 4) is 5.75 Å². The van der Waals surface area contributed by atoms with Gasteiger partial charge in [0.25, 0.3) is 5.91 Å². The van der Waals surface area contributed by atoms with Gasteiger partial charge in [0.1, 0.15) is 11.9 Å². The number of amides is 1. The van der Waals surface area contributed by atoms with E-state index in [1.807, 2.05) is 19.1 Å². The first-order valence-corrected chi connectivity index (χ1v) is 11.1. The molecule has 29 heavy (non-hydrogen) atoms. The minimum Gasteiger partial charge on any atom is -0.489 e. The van der Waals surface area contributed by atoms with Crippen LogP contribution in [0, 0.1) is 0 Å². The highest BCUT2D eigenvalue weighted by Crippen LogP contribution is 2.40. The van der Waals surface area contributed by atoms with E-state index in [0.29, 0.717) is 43.3 Å². The Labute approximate surface area is 170 Å².